The van der Waals surface area contributed by atoms with Gasteiger partial charge in [-0.1, -0.05) is 44.2 Å². The van der Waals surface area contributed by atoms with Crippen molar-refractivity contribution in [2.75, 3.05) is 5.32 Å². The zero-order valence-corrected chi connectivity index (χ0v) is 15.7. The van der Waals surface area contributed by atoms with Crippen LogP contribution in [-0.2, 0) is 14.3 Å². The van der Waals surface area contributed by atoms with Crippen LogP contribution < -0.4 is 5.32 Å². The second kappa shape index (κ2) is 9.67. The molecule has 0 saturated heterocycles. The van der Waals surface area contributed by atoms with Crippen molar-refractivity contribution in [1.82, 2.24) is 0 Å². The zero-order valence-electron chi connectivity index (χ0n) is 15.7. The number of anilines is 1. The lowest BCUT2D eigenvalue weighted by molar-refractivity contribution is -0.148. The number of benzene rings is 2. The van der Waals surface area contributed by atoms with E-state index in [9.17, 15) is 14.0 Å². The molecular weight excluding hydrogens is 345 g/mol. The molecule has 5 heteroatoms. The molecule has 0 aliphatic heterocycles. The number of carbonyl (C=O) groups is 2. The number of hydrogen-bond donors (Lipinski definition) is 1. The van der Waals surface area contributed by atoms with Crippen LogP contribution in [0.5, 0.6) is 0 Å². The van der Waals surface area contributed by atoms with Gasteiger partial charge in [-0.3, -0.25) is 4.79 Å². The molecule has 2 aromatic carbocycles. The largest absolute Gasteiger partial charge is 0.449 e. The van der Waals surface area contributed by atoms with Crippen molar-refractivity contribution in [3.8, 4) is 0 Å². The van der Waals surface area contributed by atoms with E-state index < -0.39 is 18.0 Å². The Morgan fingerprint density at radius 3 is 2.44 bits per heavy atom. The second-order valence-electron chi connectivity index (χ2n) is 6.35. The summed E-state index contributed by atoms with van der Waals surface area (Å²) in [6.07, 6.45) is 2.72. The van der Waals surface area contributed by atoms with Gasteiger partial charge in [-0.25, -0.2) is 9.18 Å². The molecular formula is C22H24FNO3. The highest BCUT2D eigenvalue weighted by Crippen LogP contribution is 2.26. The van der Waals surface area contributed by atoms with Gasteiger partial charge in [-0.05, 0) is 54.7 Å². The number of halogens is 1. The molecule has 27 heavy (non-hydrogen) atoms. The number of esters is 1. The van der Waals surface area contributed by atoms with Crippen LogP contribution in [0.15, 0.2) is 54.6 Å². The van der Waals surface area contributed by atoms with E-state index >= 15 is 0 Å². The average Bonchev–Trinajstić information content (AvgIpc) is 2.67. The molecule has 0 unspecified atom stereocenters. The molecule has 0 aliphatic rings. The Kier molecular flexibility index (Phi) is 7.29. The Balaban J connectivity index is 1.95. The predicted molar refractivity (Wildman–Crippen MR) is 105 cm³/mol. The van der Waals surface area contributed by atoms with Gasteiger partial charge >= 0.3 is 5.97 Å². The summed E-state index contributed by atoms with van der Waals surface area (Å²) in [5.74, 6) is -1.08. The van der Waals surface area contributed by atoms with Crippen molar-refractivity contribution >= 4 is 23.6 Å². The lowest BCUT2D eigenvalue weighted by atomic mass is 9.97. The van der Waals surface area contributed by atoms with Gasteiger partial charge in [0, 0.05) is 11.8 Å². The fourth-order valence-electron chi connectivity index (χ4n) is 2.50. The summed E-state index contributed by atoms with van der Waals surface area (Å²) < 4.78 is 18.0. The lowest BCUT2D eigenvalue weighted by Gasteiger charge is -2.17. The quantitative estimate of drug-likeness (QED) is 0.556. The Bertz CT molecular complexity index is 815. The minimum Gasteiger partial charge on any atom is -0.449 e. The normalized spacial score (nSPS) is 13.2. The molecule has 0 aromatic heterocycles. The highest BCUT2D eigenvalue weighted by atomic mass is 19.1. The third-order valence-corrected chi connectivity index (χ3v) is 4.31. The van der Waals surface area contributed by atoms with Crippen LogP contribution in [0.4, 0.5) is 10.1 Å². The first-order valence-electron chi connectivity index (χ1n) is 8.94. The predicted octanol–water partition coefficient (Wildman–Crippen LogP) is 4.92. The van der Waals surface area contributed by atoms with Crippen LogP contribution in [0.1, 0.15) is 44.2 Å². The van der Waals surface area contributed by atoms with Crippen molar-refractivity contribution in [1.29, 1.82) is 0 Å². The fraction of sp³-hybridized carbons (Fsp3) is 0.273. The number of amides is 1. The number of nitrogens with one attached hydrogen (secondary N) is 1. The molecule has 0 spiro atoms. The van der Waals surface area contributed by atoms with Crippen molar-refractivity contribution in [3.63, 3.8) is 0 Å². The SMILES string of the molecule is CC[C@@H](C)c1ccccc1NC(=O)[C@H](C)OC(=O)/C=C/c1ccc(F)cc1. The minimum atomic E-state index is -0.944. The van der Waals surface area contributed by atoms with E-state index in [0.717, 1.165) is 17.7 Å². The molecule has 2 aromatic rings. The monoisotopic (exact) mass is 369 g/mol. The molecule has 4 nitrogen and oxygen atoms in total. The van der Waals surface area contributed by atoms with Crippen LogP contribution in [0.3, 0.4) is 0 Å². The van der Waals surface area contributed by atoms with Crippen molar-refractivity contribution in [2.24, 2.45) is 0 Å². The van der Waals surface area contributed by atoms with Gasteiger partial charge in [0.25, 0.3) is 5.91 Å². The summed E-state index contributed by atoms with van der Waals surface area (Å²) in [6, 6.07) is 13.3. The maximum Gasteiger partial charge on any atom is 0.331 e. The van der Waals surface area contributed by atoms with Gasteiger partial charge in [0.15, 0.2) is 6.10 Å². The number of rotatable bonds is 7. The molecule has 1 N–H and O–H groups in total. The number of hydrogen-bond acceptors (Lipinski definition) is 3. The summed E-state index contributed by atoms with van der Waals surface area (Å²) in [7, 11) is 0. The van der Waals surface area contributed by atoms with Crippen LogP contribution >= 0.6 is 0 Å². The van der Waals surface area contributed by atoms with Gasteiger partial charge in [-0.2, -0.15) is 0 Å². The Hall–Kier alpha value is -2.95. The molecule has 1 amide bonds. The van der Waals surface area contributed by atoms with Crippen LogP contribution in [0.2, 0.25) is 0 Å². The topological polar surface area (TPSA) is 55.4 Å². The Labute approximate surface area is 159 Å². The Morgan fingerprint density at radius 1 is 1.11 bits per heavy atom. The highest BCUT2D eigenvalue weighted by Gasteiger charge is 2.18. The lowest BCUT2D eigenvalue weighted by Crippen LogP contribution is -2.29. The summed E-state index contributed by atoms with van der Waals surface area (Å²) in [5.41, 5.74) is 2.43. The maximum atomic E-state index is 12.9. The van der Waals surface area contributed by atoms with Gasteiger partial charge in [-0.15, -0.1) is 0 Å². The minimum absolute atomic E-state index is 0.304. The van der Waals surface area contributed by atoms with Crippen LogP contribution in [0.25, 0.3) is 6.08 Å². The van der Waals surface area contributed by atoms with Crippen molar-refractivity contribution < 1.29 is 18.7 Å². The van der Waals surface area contributed by atoms with E-state index in [1.54, 1.807) is 12.1 Å². The molecule has 142 valence electrons. The molecule has 0 radical (unpaired) electrons. The van der Waals surface area contributed by atoms with E-state index in [1.165, 1.54) is 31.2 Å². The van der Waals surface area contributed by atoms with E-state index in [-0.39, 0.29) is 5.82 Å². The summed E-state index contributed by atoms with van der Waals surface area (Å²) in [5, 5.41) is 2.83. The summed E-state index contributed by atoms with van der Waals surface area (Å²) in [4.78, 5) is 24.3. The standard InChI is InChI=1S/C22H24FNO3/c1-4-15(2)19-7-5-6-8-20(19)24-22(26)16(3)27-21(25)14-11-17-9-12-18(23)13-10-17/h5-16H,4H2,1-3H3,(H,24,26)/b14-11+/t15-,16+/m1/s1. The molecule has 2 atom stereocenters. The number of ether oxygens (including phenoxy) is 1. The number of carbonyl (C=O) groups excluding carboxylic acids is 2. The Morgan fingerprint density at radius 2 is 1.78 bits per heavy atom. The van der Waals surface area contributed by atoms with Gasteiger partial charge in [0.1, 0.15) is 5.82 Å². The summed E-state index contributed by atoms with van der Waals surface area (Å²) in [6.45, 7) is 5.70. The molecule has 0 heterocycles. The molecule has 2 rings (SSSR count). The molecule has 0 bridgehead atoms. The highest BCUT2D eigenvalue weighted by molar-refractivity contribution is 5.97. The maximum absolute atomic E-state index is 12.9. The van der Waals surface area contributed by atoms with Crippen molar-refractivity contribution in [2.45, 2.75) is 39.2 Å². The fourth-order valence-corrected chi connectivity index (χ4v) is 2.50. The average molecular weight is 369 g/mol. The number of para-hydroxylation sites is 1. The summed E-state index contributed by atoms with van der Waals surface area (Å²) >= 11 is 0. The molecule has 0 aliphatic carbocycles. The molecule has 0 saturated carbocycles. The smallest absolute Gasteiger partial charge is 0.331 e. The van der Waals surface area contributed by atoms with Crippen molar-refractivity contribution in [3.05, 3.63) is 71.6 Å². The van der Waals surface area contributed by atoms with Gasteiger partial charge < -0.3 is 10.1 Å². The third-order valence-electron chi connectivity index (χ3n) is 4.31. The zero-order chi connectivity index (χ0) is 19.8. The first-order valence-corrected chi connectivity index (χ1v) is 8.94. The van der Waals surface area contributed by atoms with Crippen LogP contribution in [0, 0.1) is 5.82 Å². The first-order chi connectivity index (χ1) is 12.9. The van der Waals surface area contributed by atoms with Gasteiger partial charge in [0.2, 0.25) is 0 Å². The van der Waals surface area contributed by atoms with E-state index in [4.69, 9.17) is 4.74 Å². The van der Waals surface area contributed by atoms with E-state index in [1.807, 2.05) is 24.3 Å². The van der Waals surface area contributed by atoms with E-state index in [2.05, 4.69) is 19.2 Å². The third kappa shape index (κ3) is 6.06. The first kappa shape index (κ1) is 20.4. The van der Waals surface area contributed by atoms with Crippen LogP contribution in [-0.4, -0.2) is 18.0 Å². The second-order valence-corrected chi connectivity index (χ2v) is 6.35. The van der Waals surface area contributed by atoms with Gasteiger partial charge in [0.05, 0.1) is 0 Å². The molecule has 0 fully saturated rings. The van der Waals surface area contributed by atoms with E-state index in [0.29, 0.717) is 11.5 Å².